The van der Waals surface area contributed by atoms with Crippen LogP contribution in [-0.2, 0) is 0 Å². The highest BCUT2D eigenvalue weighted by molar-refractivity contribution is 6.14. The van der Waals surface area contributed by atoms with Crippen molar-refractivity contribution in [2.45, 2.75) is 39.3 Å². The molecule has 0 aliphatic carbocycles. The van der Waals surface area contributed by atoms with Crippen molar-refractivity contribution >= 4 is 28.5 Å². The van der Waals surface area contributed by atoms with Gasteiger partial charge in [0.15, 0.2) is 5.65 Å². The average molecular weight is 488 g/mol. The third-order valence-corrected chi connectivity index (χ3v) is 4.95. The number of halogens is 2. The number of benzene rings is 1. The molecule has 9 nitrogen and oxygen atoms in total. The Morgan fingerprint density at radius 1 is 1.26 bits per heavy atom. The molecular weight excluding hydrogens is 456 g/mol. The van der Waals surface area contributed by atoms with E-state index in [2.05, 4.69) is 35.2 Å². The Labute approximate surface area is 202 Å². The van der Waals surface area contributed by atoms with Crippen LogP contribution in [0.3, 0.4) is 0 Å². The van der Waals surface area contributed by atoms with E-state index in [4.69, 9.17) is 5.41 Å². The lowest BCUT2D eigenvalue weighted by atomic mass is 10.0. The molecule has 0 unspecified atom stereocenters. The number of nitrogens with zero attached hydrogens (tertiary/aromatic N) is 3. The Morgan fingerprint density at radius 2 is 2.00 bits per heavy atom. The zero-order chi connectivity index (χ0) is 25.8. The lowest BCUT2D eigenvalue weighted by Crippen LogP contribution is -2.40. The second-order valence-electron chi connectivity index (χ2n) is 9.40. The normalized spacial score (nSPS) is 11.8. The molecule has 11 heteroatoms. The molecule has 0 bridgehead atoms. The van der Waals surface area contributed by atoms with Crippen LogP contribution in [0, 0.1) is 5.41 Å². The SMILES string of the molecule is CN(C)CCCNc1ccc(OC(F)F)cc1C(=N)c1cnc2[nH]cc(C(=O)NC(C)(C)C)c2n1. The Morgan fingerprint density at radius 3 is 2.66 bits per heavy atom. The Hall–Kier alpha value is -3.60. The molecule has 2 aromatic heterocycles. The van der Waals surface area contributed by atoms with Crippen LogP contribution in [0.25, 0.3) is 11.2 Å². The molecule has 35 heavy (non-hydrogen) atoms. The first-order chi connectivity index (χ1) is 16.4. The first-order valence-corrected chi connectivity index (χ1v) is 11.2. The van der Waals surface area contributed by atoms with Crippen molar-refractivity contribution in [3.8, 4) is 5.75 Å². The molecule has 0 fully saturated rings. The van der Waals surface area contributed by atoms with Crippen LogP contribution in [0.4, 0.5) is 14.5 Å². The minimum Gasteiger partial charge on any atom is -0.435 e. The van der Waals surface area contributed by atoms with Crippen molar-refractivity contribution in [2.75, 3.05) is 32.5 Å². The van der Waals surface area contributed by atoms with Crippen molar-refractivity contribution in [1.82, 2.24) is 25.2 Å². The lowest BCUT2D eigenvalue weighted by molar-refractivity contribution is -0.0498. The van der Waals surface area contributed by atoms with Gasteiger partial charge in [-0.15, -0.1) is 0 Å². The number of carbonyl (C=O) groups excluding carboxylic acids is 1. The predicted molar refractivity (Wildman–Crippen MR) is 132 cm³/mol. The summed E-state index contributed by atoms with van der Waals surface area (Å²) in [7, 11) is 3.95. The van der Waals surface area contributed by atoms with Gasteiger partial charge in [0.05, 0.1) is 17.5 Å². The second-order valence-corrected chi connectivity index (χ2v) is 9.40. The molecule has 1 amide bonds. The van der Waals surface area contributed by atoms with Gasteiger partial charge in [-0.1, -0.05) is 0 Å². The summed E-state index contributed by atoms with van der Waals surface area (Å²) < 4.78 is 30.2. The third-order valence-electron chi connectivity index (χ3n) is 4.95. The van der Waals surface area contributed by atoms with E-state index in [1.165, 1.54) is 24.5 Å². The van der Waals surface area contributed by atoms with Gasteiger partial charge in [-0.2, -0.15) is 8.78 Å². The number of rotatable bonds is 10. The number of aromatic nitrogens is 3. The maximum atomic E-state index is 12.8. The van der Waals surface area contributed by atoms with E-state index < -0.39 is 12.2 Å². The molecular formula is C24H31F2N7O2. The molecule has 0 spiro atoms. The number of hydrogen-bond donors (Lipinski definition) is 4. The number of ether oxygens (including phenoxy) is 1. The van der Waals surface area contributed by atoms with Crippen molar-refractivity contribution < 1.29 is 18.3 Å². The van der Waals surface area contributed by atoms with E-state index in [0.29, 0.717) is 34.5 Å². The highest BCUT2D eigenvalue weighted by Gasteiger charge is 2.21. The molecule has 2 heterocycles. The summed E-state index contributed by atoms with van der Waals surface area (Å²) in [5.74, 6) is -0.392. The van der Waals surface area contributed by atoms with Crippen LogP contribution < -0.4 is 15.4 Å². The van der Waals surface area contributed by atoms with Crippen LogP contribution in [-0.4, -0.2) is 70.8 Å². The number of fused-ring (bicyclic) bond motifs is 1. The van der Waals surface area contributed by atoms with Crippen molar-refractivity contribution in [1.29, 1.82) is 5.41 Å². The fourth-order valence-corrected chi connectivity index (χ4v) is 3.41. The first-order valence-electron chi connectivity index (χ1n) is 11.2. The predicted octanol–water partition coefficient (Wildman–Crippen LogP) is 3.87. The minimum atomic E-state index is -2.99. The van der Waals surface area contributed by atoms with Gasteiger partial charge in [-0.3, -0.25) is 10.2 Å². The molecule has 0 aliphatic heterocycles. The van der Waals surface area contributed by atoms with Gasteiger partial charge in [-0.25, -0.2) is 9.97 Å². The van der Waals surface area contributed by atoms with Gasteiger partial charge in [0, 0.05) is 29.5 Å². The minimum absolute atomic E-state index is 0.0439. The van der Waals surface area contributed by atoms with Crippen LogP contribution in [0.2, 0.25) is 0 Å². The molecule has 3 aromatic rings. The van der Waals surface area contributed by atoms with E-state index in [1.807, 2.05) is 34.9 Å². The Balaban J connectivity index is 1.95. The molecule has 3 rings (SSSR count). The largest absolute Gasteiger partial charge is 0.435 e. The Bertz CT molecular complexity index is 1200. The monoisotopic (exact) mass is 487 g/mol. The zero-order valence-corrected chi connectivity index (χ0v) is 20.5. The smallest absolute Gasteiger partial charge is 0.387 e. The van der Waals surface area contributed by atoms with Crippen LogP contribution in [0.1, 0.15) is 48.8 Å². The second kappa shape index (κ2) is 10.8. The molecule has 0 atom stereocenters. The average Bonchev–Trinajstić information content (AvgIpc) is 3.18. The van der Waals surface area contributed by atoms with E-state index in [9.17, 15) is 13.6 Å². The number of carbonyl (C=O) groups is 1. The number of hydrogen-bond acceptors (Lipinski definition) is 7. The molecule has 188 valence electrons. The highest BCUT2D eigenvalue weighted by Crippen LogP contribution is 2.26. The summed E-state index contributed by atoms with van der Waals surface area (Å²) in [5.41, 5.74) is 1.62. The number of anilines is 1. The van der Waals surface area contributed by atoms with Gasteiger partial charge in [0.25, 0.3) is 5.91 Å². The number of alkyl halides is 2. The zero-order valence-electron chi connectivity index (χ0n) is 20.5. The molecule has 0 aliphatic rings. The maximum absolute atomic E-state index is 12.8. The summed E-state index contributed by atoms with van der Waals surface area (Å²) in [5, 5.41) is 14.9. The summed E-state index contributed by atoms with van der Waals surface area (Å²) >= 11 is 0. The van der Waals surface area contributed by atoms with Crippen LogP contribution >= 0.6 is 0 Å². The number of nitrogens with one attached hydrogen (secondary N) is 4. The fourth-order valence-electron chi connectivity index (χ4n) is 3.41. The number of H-pyrrole nitrogens is 1. The number of aromatic amines is 1. The Kier molecular flexibility index (Phi) is 8.00. The van der Waals surface area contributed by atoms with Crippen molar-refractivity contribution in [3.05, 3.63) is 47.4 Å². The van der Waals surface area contributed by atoms with E-state index in [1.54, 1.807) is 6.07 Å². The van der Waals surface area contributed by atoms with Gasteiger partial charge in [-0.05, 0) is 66.0 Å². The van der Waals surface area contributed by atoms with E-state index in [-0.39, 0.29) is 23.1 Å². The standard InChI is InChI=1S/C24H31F2N7O2/c1-24(2,3)32-22(34)16-12-29-21-20(16)31-18(13-30-21)19(27)15-11-14(35-23(25)26)7-8-17(15)28-9-6-10-33(4)5/h7-8,11-13,23,27-28H,6,9-10H2,1-5H3,(H,29,30)(H,32,34). The van der Waals surface area contributed by atoms with Crippen LogP contribution in [0.5, 0.6) is 5.75 Å². The molecule has 4 N–H and O–H groups in total. The van der Waals surface area contributed by atoms with Crippen molar-refractivity contribution in [2.24, 2.45) is 0 Å². The van der Waals surface area contributed by atoms with Crippen LogP contribution in [0.15, 0.2) is 30.6 Å². The highest BCUT2D eigenvalue weighted by atomic mass is 19.3. The van der Waals surface area contributed by atoms with Gasteiger partial charge in [0.1, 0.15) is 17.0 Å². The molecule has 0 saturated heterocycles. The van der Waals surface area contributed by atoms with Gasteiger partial charge < -0.3 is 25.3 Å². The first kappa shape index (κ1) is 26.0. The van der Waals surface area contributed by atoms with Crippen molar-refractivity contribution in [3.63, 3.8) is 0 Å². The molecule has 0 saturated carbocycles. The van der Waals surface area contributed by atoms with Gasteiger partial charge in [0.2, 0.25) is 0 Å². The summed E-state index contributed by atoms with van der Waals surface area (Å²) in [6.07, 6.45) is 3.77. The fraction of sp³-hybridized carbons (Fsp3) is 0.417. The summed E-state index contributed by atoms with van der Waals surface area (Å²) in [4.78, 5) is 26.5. The van der Waals surface area contributed by atoms with E-state index >= 15 is 0 Å². The summed E-state index contributed by atoms with van der Waals surface area (Å²) in [6, 6.07) is 4.40. The molecule has 1 aromatic carbocycles. The molecule has 0 radical (unpaired) electrons. The maximum Gasteiger partial charge on any atom is 0.387 e. The van der Waals surface area contributed by atoms with E-state index in [0.717, 1.165) is 13.0 Å². The lowest BCUT2D eigenvalue weighted by Gasteiger charge is -2.20. The quantitative estimate of drug-likeness (QED) is 0.255. The van der Waals surface area contributed by atoms with Gasteiger partial charge >= 0.3 is 6.61 Å². The third kappa shape index (κ3) is 6.95. The summed E-state index contributed by atoms with van der Waals surface area (Å²) in [6.45, 7) is 4.10. The topological polar surface area (TPSA) is 119 Å². The number of amides is 1.